The Bertz CT molecular complexity index is 201. The molecule has 0 aromatic heterocycles. The van der Waals surface area contributed by atoms with Crippen LogP contribution in [0.1, 0.15) is 20.8 Å². The topological polar surface area (TPSA) is 43.4 Å². The molecule has 10 heavy (non-hydrogen) atoms. The molecule has 0 aromatic carbocycles. The van der Waals surface area contributed by atoms with Gasteiger partial charge in [0.25, 0.3) is 0 Å². The Morgan fingerprint density at radius 3 is 2.20 bits per heavy atom. The van der Waals surface area contributed by atoms with E-state index in [-0.39, 0.29) is 0 Å². The summed E-state index contributed by atoms with van der Waals surface area (Å²) >= 11 is 0. The van der Waals surface area contributed by atoms with Gasteiger partial charge in [-0.2, -0.15) is 8.42 Å². The first kappa shape index (κ1) is 9.49. The van der Waals surface area contributed by atoms with Crippen LogP contribution in [-0.4, -0.2) is 13.7 Å². The van der Waals surface area contributed by atoms with Crippen molar-refractivity contribution in [3.05, 3.63) is 12.3 Å². The van der Waals surface area contributed by atoms with Gasteiger partial charge in [-0.25, -0.2) is 0 Å². The third-order valence-electron chi connectivity index (χ3n) is 0.903. The zero-order valence-corrected chi connectivity index (χ0v) is 7.18. The summed E-state index contributed by atoms with van der Waals surface area (Å²) in [6.45, 7) is 4.83. The Morgan fingerprint density at radius 2 is 1.90 bits per heavy atom. The standard InChI is InChI=1S/C6H12O3S/c1-4-5-9-10(7,8)6(2)3/h4-6H,1-3H3/b5-4+. The molecule has 0 aromatic rings. The van der Waals surface area contributed by atoms with Crippen LogP contribution < -0.4 is 0 Å². The molecule has 0 saturated heterocycles. The van der Waals surface area contributed by atoms with Crippen molar-refractivity contribution in [2.24, 2.45) is 0 Å². The van der Waals surface area contributed by atoms with Gasteiger partial charge in [-0.15, -0.1) is 0 Å². The minimum Gasteiger partial charge on any atom is -0.391 e. The summed E-state index contributed by atoms with van der Waals surface area (Å²) < 4.78 is 26.1. The molecule has 0 aliphatic heterocycles. The summed E-state index contributed by atoms with van der Waals surface area (Å²) in [5, 5.41) is -0.483. The van der Waals surface area contributed by atoms with E-state index < -0.39 is 15.4 Å². The molecule has 0 unspecified atom stereocenters. The van der Waals surface area contributed by atoms with Gasteiger partial charge in [0.15, 0.2) is 0 Å². The van der Waals surface area contributed by atoms with E-state index in [1.165, 1.54) is 6.08 Å². The fraction of sp³-hybridized carbons (Fsp3) is 0.667. The lowest BCUT2D eigenvalue weighted by Gasteiger charge is -2.04. The minimum absolute atomic E-state index is 0.483. The Kier molecular flexibility index (Phi) is 3.42. The van der Waals surface area contributed by atoms with Crippen molar-refractivity contribution in [1.29, 1.82) is 0 Å². The van der Waals surface area contributed by atoms with Crippen LogP contribution in [0, 0.1) is 0 Å². The van der Waals surface area contributed by atoms with Crippen LogP contribution >= 0.6 is 0 Å². The monoisotopic (exact) mass is 164 g/mol. The normalized spacial score (nSPS) is 12.8. The first-order chi connectivity index (χ1) is 4.50. The van der Waals surface area contributed by atoms with Crippen molar-refractivity contribution in [2.45, 2.75) is 26.0 Å². The third-order valence-corrected chi connectivity index (χ3v) is 2.44. The highest BCUT2D eigenvalue weighted by atomic mass is 32.2. The van der Waals surface area contributed by atoms with Crippen LogP contribution in [0.15, 0.2) is 12.3 Å². The summed E-state index contributed by atoms with van der Waals surface area (Å²) in [5.74, 6) is 0. The van der Waals surface area contributed by atoms with Crippen molar-refractivity contribution < 1.29 is 12.6 Å². The number of hydrogen-bond donors (Lipinski definition) is 0. The highest BCUT2D eigenvalue weighted by Crippen LogP contribution is 2.02. The summed E-state index contributed by atoms with van der Waals surface area (Å²) in [5.41, 5.74) is 0. The third kappa shape index (κ3) is 2.87. The maximum absolute atomic E-state index is 10.8. The van der Waals surface area contributed by atoms with Crippen molar-refractivity contribution in [2.75, 3.05) is 0 Å². The molecule has 0 rings (SSSR count). The fourth-order valence-corrected chi connectivity index (χ4v) is 0.732. The molecule has 0 saturated carbocycles. The van der Waals surface area contributed by atoms with E-state index >= 15 is 0 Å². The summed E-state index contributed by atoms with van der Waals surface area (Å²) in [7, 11) is -3.35. The van der Waals surface area contributed by atoms with Crippen LogP contribution in [0.25, 0.3) is 0 Å². The van der Waals surface area contributed by atoms with E-state index in [2.05, 4.69) is 4.18 Å². The highest BCUT2D eigenvalue weighted by molar-refractivity contribution is 7.87. The van der Waals surface area contributed by atoms with Crippen LogP contribution in [0.5, 0.6) is 0 Å². The van der Waals surface area contributed by atoms with Crippen LogP contribution in [0.4, 0.5) is 0 Å². The molecule has 0 spiro atoms. The van der Waals surface area contributed by atoms with Gasteiger partial charge in [-0.05, 0) is 20.8 Å². The van der Waals surface area contributed by atoms with Gasteiger partial charge in [0.1, 0.15) is 6.26 Å². The van der Waals surface area contributed by atoms with E-state index in [4.69, 9.17) is 0 Å². The largest absolute Gasteiger partial charge is 0.391 e. The molecule has 0 bridgehead atoms. The number of allylic oxidation sites excluding steroid dienone is 1. The van der Waals surface area contributed by atoms with Gasteiger partial charge in [0, 0.05) is 0 Å². The van der Waals surface area contributed by atoms with Gasteiger partial charge in [-0.1, -0.05) is 6.08 Å². The smallest absolute Gasteiger partial charge is 0.310 e. The molecule has 60 valence electrons. The SMILES string of the molecule is C/C=C/OS(=O)(=O)C(C)C. The Labute approximate surface area is 61.8 Å². The average Bonchev–Trinajstić information content (AvgIpc) is 1.84. The Balaban J connectivity index is 4.16. The van der Waals surface area contributed by atoms with Crippen molar-refractivity contribution in [3.8, 4) is 0 Å². The summed E-state index contributed by atoms with van der Waals surface area (Å²) in [4.78, 5) is 0. The average molecular weight is 164 g/mol. The molecule has 4 heteroatoms. The van der Waals surface area contributed by atoms with Crippen molar-refractivity contribution in [3.63, 3.8) is 0 Å². The van der Waals surface area contributed by atoms with Crippen molar-refractivity contribution in [1.82, 2.24) is 0 Å². The van der Waals surface area contributed by atoms with Gasteiger partial charge < -0.3 is 4.18 Å². The number of rotatable bonds is 3. The van der Waals surface area contributed by atoms with E-state index in [1.807, 2.05) is 0 Å². The van der Waals surface area contributed by atoms with Crippen LogP contribution in [-0.2, 0) is 14.3 Å². The quantitative estimate of drug-likeness (QED) is 0.466. The fourth-order valence-electron chi connectivity index (χ4n) is 0.244. The zero-order valence-electron chi connectivity index (χ0n) is 6.37. The zero-order chi connectivity index (χ0) is 8.20. The highest BCUT2D eigenvalue weighted by Gasteiger charge is 2.14. The molecule has 0 fully saturated rings. The Hall–Kier alpha value is -0.510. The van der Waals surface area contributed by atoms with E-state index in [1.54, 1.807) is 20.8 Å². The van der Waals surface area contributed by atoms with E-state index in [0.29, 0.717) is 0 Å². The maximum Gasteiger partial charge on any atom is 0.310 e. The predicted octanol–water partition coefficient (Wildman–Crippen LogP) is 1.27. The second-order valence-corrected chi connectivity index (χ2v) is 4.23. The maximum atomic E-state index is 10.8. The molecule has 0 aliphatic carbocycles. The van der Waals surface area contributed by atoms with Gasteiger partial charge in [0.2, 0.25) is 0 Å². The van der Waals surface area contributed by atoms with Crippen LogP contribution in [0.3, 0.4) is 0 Å². The summed E-state index contributed by atoms with van der Waals surface area (Å²) in [6.07, 6.45) is 2.69. The van der Waals surface area contributed by atoms with Gasteiger partial charge in [-0.3, -0.25) is 0 Å². The number of hydrogen-bond acceptors (Lipinski definition) is 3. The van der Waals surface area contributed by atoms with Gasteiger partial charge >= 0.3 is 10.1 Å². The first-order valence-electron chi connectivity index (χ1n) is 3.04. The molecular formula is C6H12O3S. The molecule has 0 radical (unpaired) electrons. The molecular weight excluding hydrogens is 152 g/mol. The van der Waals surface area contributed by atoms with E-state index in [0.717, 1.165) is 6.26 Å². The lowest BCUT2D eigenvalue weighted by Crippen LogP contribution is -2.14. The van der Waals surface area contributed by atoms with Crippen LogP contribution in [0.2, 0.25) is 0 Å². The summed E-state index contributed by atoms with van der Waals surface area (Å²) in [6, 6.07) is 0. The first-order valence-corrected chi connectivity index (χ1v) is 4.51. The molecule has 3 nitrogen and oxygen atoms in total. The molecule has 0 heterocycles. The van der Waals surface area contributed by atoms with Gasteiger partial charge in [0.05, 0.1) is 5.25 Å². The Morgan fingerprint density at radius 1 is 1.40 bits per heavy atom. The molecule has 0 aliphatic rings. The lowest BCUT2D eigenvalue weighted by molar-refractivity contribution is 0.435. The molecule has 0 atom stereocenters. The lowest BCUT2D eigenvalue weighted by atomic mass is 10.6. The molecule has 0 N–H and O–H groups in total. The second kappa shape index (κ2) is 3.61. The van der Waals surface area contributed by atoms with Crippen molar-refractivity contribution >= 4 is 10.1 Å². The predicted molar refractivity (Wildman–Crippen MR) is 40.0 cm³/mol. The minimum atomic E-state index is -3.35. The second-order valence-electron chi connectivity index (χ2n) is 2.11. The van der Waals surface area contributed by atoms with E-state index in [9.17, 15) is 8.42 Å². The molecule has 0 amide bonds.